The SMILES string of the molecule is NCC1(c2ccccc2)CCN(C(=O)c2ccccc2)CC1. The molecular formula is C19H22N2O. The molecule has 0 aliphatic carbocycles. The van der Waals surface area contributed by atoms with Crippen molar-refractivity contribution in [2.45, 2.75) is 18.3 Å². The number of amides is 1. The molecule has 114 valence electrons. The lowest BCUT2D eigenvalue weighted by atomic mass is 9.73. The first-order chi connectivity index (χ1) is 10.7. The summed E-state index contributed by atoms with van der Waals surface area (Å²) < 4.78 is 0. The highest BCUT2D eigenvalue weighted by atomic mass is 16.2. The van der Waals surface area contributed by atoms with Crippen LogP contribution >= 0.6 is 0 Å². The van der Waals surface area contributed by atoms with E-state index in [2.05, 4.69) is 24.3 Å². The molecule has 3 heteroatoms. The molecule has 1 aliphatic rings. The maximum atomic E-state index is 12.5. The van der Waals surface area contributed by atoms with Gasteiger partial charge in [0.1, 0.15) is 0 Å². The largest absolute Gasteiger partial charge is 0.339 e. The van der Waals surface area contributed by atoms with Crippen molar-refractivity contribution in [2.24, 2.45) is 5.73 Å². The van der Waals surface area contributed by atoms with Crippen LogP contribution in [0.5, 0.6) is 0 Å². The number of rotatable bonds is 3. The Morgan fingerprint density at radius 3 is 2.05 bits per heavy atom. The number of piperidine rings is 1. The van der Waals surface area contributed by atoms with Crippen LogP contribution in [0.15, 0.2) is 60.7 Å². The van der Waals surface area contributed by atoms with Crippen molar-refractivity contribution in [1.29, 1.82) is 0 Å². The third kappa shape index (κ3) is 2.77. The molecule has 2 aromatic carbocycles. The molecule has 0 bridgehead atoms. The Hall–Kier alpha value is -2.13. The van der Waals surface area contributed by atoms with E-state index in [-0.39, 0.29) is 11.3 Å². The van der Waals surface area contributed by atoms with E-state index >= 15 is 0 Å². The van der Waals surface area contributed by atoms with Gasteiger partial charge in [-0.05, 0) is 30.5 Å². The highest BCUT2D eigenvalue weighted by Gasteiger charge is 2.36. The number of nitrogens with zero attached hydrogens (tertiary/aromatic N) is 1. The van der Waals surface area contributed by atoms with Crippen LogP contribution in [-0.2, 0) is 5.41 Å². The lowest BCUT2D eigenvalue weighted by Crippen LogP contribution is -2.48. The van der Waals surface area contributed by atoms with E-state index in [9.17, 15) is 4.79 Å². The van der Waals surface area contributed by atoms with Gasteiger partial charge in [-0.1, -0.05) is 48.5 Å². The fourth-order valence-electron chi connectivity index (χ4n) is 3.30. The van der Waals surface area contributed by atoms with Crippen LogP contribution in [0.3, 0.4) is 0 Å². The van der Waals surface area contributed by atoms with E-state index in [4.69, 9.17) is 5.73 Å². The minimum absolute atomic E-state index is 0.00866. The van der Waals surface area contributed by atoms with E-state index in [1.54, 1.807) is 0 Å². The summed E-state index contributed by atoms with van der Waals surface area (Å²) in [5.74, 6) is 0.124. The predicted octanol–water partition coefficient (Wildman–Crippen LogP) is 2.82. The van der Waals surface area contributed by atoms with Gasteiger partial charge in [-0.25, -0.2) is 0 Å². The summed E-state index contributed by atoms with van der Waals surface area (Å²) in [6.45, 7) is 2.16. The standard InChI is InChI=1S/C19H22N2O/c20-15-19(17-9-5-2-6-10-17)11-13-21(14-12-19)18(22)16-7-3-1-4-8-16/h1-10H,11-15,20H2. The Kier molecular flexibility index (Phi) is 4.25. The molecule has 0 aromatic heterocycles. The van der Waals surface area contributed by atoms with E-state index in [1.807, 2.05) is 41.3 Å². The summed E-state index contributed by atoms with van der Waals surface area (Å²) >= 11 is 0. The summed E-state index contributed by atoms with van der Waals surface area (Å²) in [7, 11) is 0. The van der Waals surface area contributed by atoms with Crippen LogP contribution in [-0.4, -0.2) is 30.4 Å². The minimum atomic E-state index is 0.00866. The second kappa shape index (κ2) is 6.32. The molecule has 3 rings (SSSR count). The average Bonchev–Trinajstić information content (AvgIpc) is 2.63. The van der Waals surface area contributed by atoms with E-state index in [1.165, 1.54) is 5.56 Å². The van der Waals surface area contributed by atoms with Gasteiger partial charge in [0.25, 0.3) is 5.91 Å². The third-order valence-electron chi connectivity index (χ3n) is 4.81. The Balaban J connectivity index is 1.73. The van der Waals surface area contributed by atoms with Gasteiger partial charge in [-0.15, -0.1) is 0 Å². The average molecular weight is 294 g/mol. The highest BCUT2D eigenvalue weighted by molar-refractivity contribution is 5.94. The molecule has 22 heavy (non-hydrogen) atoms. The zero-order chi connectivity index (χ0) is 15.4. The summed E-state index contributed by atoms with van der Waals surface area (Å²) in [5.41, 5.74) is 8.17. The fraction of sp³-hybridized carbons (Fsp3) is 0.316. The predicted molar refractivity (Wildman–Crippen MR) is 88.8 cm³/mol. The minimum Gasteiger partial charge on any atom is -0.339 e. The number of carbonyl (C=O) groups is 1. The van der Waals surface area contributed by atoms with Gasteiger partial charge in [-0.2, -0.15) is 0 Å². The van der Waals surface area contributed by atoms with Crippen molar-refractivity contribution in [2.75, 3.05) is 19.6 Å². The zero-order valence-corrected chi connectivity index (χ0v) is 12.7. The highest BCUT2D eigenvalue weighted by Crippen LogP contribution is 2.34. The van der Waals surface area contributed by atoms with Crippen molar-refractivity contribution in [1.82, 2.24) is 4.90 Å². The fourth-order valence-corrected chi connectivity index (χ4v) is 3.30. The molecule has 0 atom stereocenters. The molecule has 1 amide bonds. The molecule has 3 nitrogen and oxygen atoms in total. The lowest BCUT2D eigenvalue weighted by Gasteiger charge is -2.41. The topological polar surface area (TPSA) is 46.3 Å². The van der Waals surface area contributed by atoms with Gasteiger partial charge in [0.05, 0.1) is 0 Å². The molecule has 0 spiro atoms. The van der Waals surface area contributed by atoms with Crippen LogP contribution in [0.25, 0.3) is 0 Å². The van der Waals surface area contributed by atoms with E-state index in [0.717, 1.165) is 31.5 Å². The molecule has 2 N–H and O–H groups in total. The first-order valence-corrected chi connectivity index (χ1v) is 7.85. The van der Waals surface area contributed by atoms with Gasteiger partial charge in [0.2, 0.25) is 0 Å². The lowest BCUT2D eigenvalue weighted by molar-refractivity contribution is 0.0670. The smallest absolute Gasteiger partial charge is 0.253 e. The van der Waals surface area contributed by atoms with Crippen molar-refractivity contribution >= 4 is 5.91 Å². The Labute approximate surface area is 131 Å². The molecule has 1 heterocycles. The molecule has 0 unspecified atom stereocenters. The van der Waals surface area contributed by atoms with E-state index in [0.29, 0.717) is 6.54 Å². The van der Waals surface area contributed by atoms with Crippen molar-refractivity contribution in [3.8, 4) is 0 Å². The molecular weight excluding hydrogens is 272 g/mol. The molecule has 0 radical (unpaired) electrons. The summed E-state index contributed by atoms with van der Waals surface area (Å²) in [6.07, 6.45) is 1.85. The Morgan fingerprint density at radius 2 is 1.50 bits per heavy atom. The van der Waals surface area contributed by atoms with Gasteiger partial charge in [0.15, 0.2) is 0 Å². The van der Waals surface area contributed by atoms with E-state index < -0.39 is 0 Å². The number of hydrogen-bond acceptors (Lipinski definition) is 2. The second-order valence-electron chi connectivity index (χ2n) is 6.01. The number of likely N-dealkylation sites (tertiary alicyclic amines) is 1. The number of nitrogens with two attached hydrogens (primary N) is 1. The number of hydrogen-bond donors (Lipinski definition) is 1. The molecule has 0 saturated carbocycles. The van der Waals surface area contributed by atoms with Gasteiger partial charge < -0.3 is 10.6 Å². The Bertz CT molecular complexity index is 616. The second-order valence-corrected chi connectivity index (χ2v) is 6.01. The van der Waals surface area contributed by atoms with Crippen molar-refractivity contribution < 1.29 is 4.79 Å². The third-order valence-corrected chi connectivity index (χ3v) is 4.81. The van der Waals surface area contributed by atoms with Crippen LogP contribution in [0.1, 0.15) is 28.8 Å². The maximum Gasteiger partial charge on any atom is 0.253 e. The first-order valence-electron chi connectivity index (χ1n) is 7.85. The molecule has 2 aromatic rings. The molecule has 1 saturated heterocycles. The summed E-state index contributed by atoms with van der Waals surface area (Å²) in [5, 5.41) is 0. The van der Waals surface area contributed by atoms with Crippen LogP contribution in [0, 0.1) is 0 Å². The number of carbonyl (C=O) groups excluding carboxylic acids is 1. The summed E-state index contributed by atoms with van der Waals surface area (Å²) in [6, 6.07) is 20.0. The van der Waals surface area contributed by atoms with Crippen molar-refractivity contribution in [3.63, 3.8) is 0 Å². The van der Waals surface area contributed by atoms with Gasteiger partial charge in [0, 0.05) is 30.6 Å². The molecule has 1 fully saturated rings. The monoisotopic (exact) mass is 294 g/mol. The van der Waals surface area contributed by atoms with Gasteiger partial charge in [-0.3, -0.25) is 4.79 Å². The molecule has 1 aliphatic heterocycles. The van der Waals surface area contributed by atoms with Gasteiger partial charge >= 0.3 is 0 Å². The zero-order valence-electron chi connectivity index (χ0n) is 12.7. The first kappa shape index (κ1) is 14.8. The maximum absolute atomic E-state index is 12.5. The normalized spacial score (nSPS) is 17.2. The van der Waals surface area contributed by atoms with Crippen LogP contribution < -0.4 is 5.73 Å². The van der Waals surface area contributed by atoms with Crippen LogP contribution in [0.2, 0.25) is 0 Å². The van der Waals surface area contributed by atoms with Crippen LogP contribution in [0.4, 0.5) is 0 Å². The number of benzene rings is 2. The Morgan fingerprint density at radius 1 is 0.955 bits per heavy atom. The summed E-state index contributed by atoms with van der Waals surface area (Å²) in [4.78, 5) is 14.5. The quantitative estimate of drug-likeness (QED) is 0.946. The van der Waals surface area contributed by atoms with Crippen molar-refractivity contribution in [3.05, 3.63) is 71.8 Å².